The number of thiophene rings is 1. The van der Waals surface area contributed by atoms with Crippen molar-refractivity contribution < 1.29 is 0 Å². The molecule has 0 amide bonds. The summed E-state index contributed by atoms with van der Waals surface area (Å²) in [5, 5.41) is 13.1. The van der Waals surface area contributed by atoms with E-state index in [1.165, 1.54) is 11.3 Å². The van der Waals surface area contributed by atoms with E-state index >= 15 is 0 Å². The number of aromatic nitrogens is 5. The van der Waals surface area contributed by atoms with E-state index in [9.17, 15) is 0 Å². The normalized spacial score (nSPS) is 15.6. The minimum absolute atomic E-state index is 0.738. The number of hydrogen-bond acceptors (Lipinski definition) is 5. The Bertz CT molecular complexity index is 715. The van der Waals surface area contributed by atoms with Gasteiger partial charge in [-0.2, -0.15) is 11.3 Å². The van der Waals surface area contributed by atoms with Crippen molar-refractivity contribution in [3.05, 3.63) is 52.5 Å². The number of fused-ring (bicyclic) bond motifs is 1. The summed E-state index contributed by atoms with van der Waals surface area (Å²) < 4.78 is 4.11. The molecule has 0 saturated carbocycles. The van der Waals surface area contributed by atoms with Crippen molar-refractivity contribution >= 4 is 11.3 Å². The fourth-order valence-corrected chi connectivity index (χ4v) is 3.57. The van der Waals surface area contributed by atoms with Crippen LogP contribution in [0.5, 0.6) is 0 Å². The summed E-state index contributed by atoms with van der Waals surface area (Å²) in [7, 11) is 0. The minimum atomic E-state index is 0.738. The Morgan fingerprint density at radius 3 is 3.05 bits per heavy atom. The molecule has 4 heterocycles. The van der Waals surface area contributed by atoms with Gasteiger partial charge in [0.15, 0.2) is 0 Å². The predicted octanol–water partition coefficient (Wildman–Crippen LogP) is 1.99. The summed E-state index contributed by atoms with van der Waals surface area (Å²) in [4.78, 5) is 6.58. The molecule has 7 heteroatoms. The molecular formula is C15H18N6S. The number of imidazole rings is 1. The first-order valence-corrected chi connectivity index (χ1v) is 8.43. The maximum Gasteiger partial charge on any atom is 0.107 e. The summed E-state index contributed by atoms with van der Waals surface area (Å²) >= 11 is 1.76. The number of aryl methyl sites for hydroxylation is 1. The largest absolute Gasteiger partial charge is 0.331 e. The maximum absolute atomic E-state index is 4.39. The summed E-state index contributed by atoms with van der Waals surface area (Å²) in [6.45, 7) is 4.70. The zero-order valence-electron chi connectivity index (χ0n) is 12.3. The molecule has 1 aliphatic rings. The van der Waals surface area contributed by atoms with Gasteiger partial charge in [0, 0.05) is 38.6 Å². The highest BCUT2D eigenvalue weighted by Gasteiger charge is 2.20. The Morgan fingerprint density at radius 2 is 2.23 bits per heavy atom. The van der Waals surface area contributed by atoms with Gasteiger partial charge in [-0.1, -0.05) is 5.21 Å². The second-order valence-electron chi connectivity index (χ2n) is 5.64. The molecule has 0 N–H and O–H groups in total. The molecule has 0 saturated heterocycles. The van der Waals surface area contributed by atoms with Crippen LogP contribution in [0.3, 0.4) is 0 Å². The Balaban J connectivity index is 1.55. The molecule has 0 bridgehead atoms. The fourth-order valence-electron chi connectivity index (χ4n) is 2.91. The van der Waals surface area contributed by atoms with Gasteiger partial charge in [0.05, 0.1) is 18.6 Å². The monoisotopic (exact) mass is 314 g/mol. The summed E-state index contributed by atoms with van der Waals surface area (Å²) in [6.07, 6.45) is 6.70. The molecule has 3 aromatic rings. The highest BCUT2D eigenvalue weighted by Crippen LogP contribution is 2.18. The van der Waals surface area contributed by atoms with E-state index in [-0.39, 0.29) is 0 Å². The second-order valence-corrected chi connectivity index (χ2v) is 6.42. The van der Waals surface area contributed by atoms with Crippen LogP contribution >= 0.6 is 11.3 Å². The first-order chi connectivity index (χ1) is 10.9. The van der Waals surface area contributed by atoms with E-state index in [2.05, 4.69) is 41.7 Å². The number of nitrogens with zero attached hydrogens (tertiary/aromatic N) is 6. The Kier molecular flexibility index (Phi) is 3.74. The van der Waals surface area contributed by atoms with Gasteiger partial charge in [-0.3, -0.25) is 4.90 Å². The number of rotatable bonds is 4. The van der Waals surface area contributed by atoms with Crippen molar-refractivity contribution in [3.8, 4) is 0 Å². The Labute approximate surface area is 133 Å². The molecule has 114 valence electrons. The van der Waals surface area contributed by atoms with Gasteiger partial charge in [-0.05, 0) is 28.8 Å². The van der Waals surface area contributed by atoms with Crippen LogP contribution < -0.4 is 0 Å². The van der Waals surface area contributed by atoms with Gasteiger partial charge in [-0.25, -0.2) is 9.67 Å². The van der Waals surface area contributed by atoms with E-state index in [1.54, 1.807) is 17.5 Å². The lowest BCUT2D eigenvalue weighted by Gasteiger charge is -2.19. The lowest BCUT2D eigenvalue weighted by Crippen LogP contribution is -2.23. The molecule has 0 atom stereocenters. The molecule has 0 unspecified atom stereocenters. The lowest BCUT2D eigenvalue weighted by atomic mass is 10.2. The molecule has 0 spiro atoms. The smallest absolute Gasteiger partial charge is 0.107 e. The molecule has 1 aliphatic heterocycles. The van der Waals surface area contributed by atoms with Crippen LogP contribution in [0, 0.1) is 0 Å². The molecule has 4 rings (SSSR count). The van der Waals surface area contributed by atoms with Crippen molar-refractivity contribution in [3.63, 3.8) is 0 Å². The molecule has 0 fully saturated rings. The summed E-state index contributed by atoms with van der Waals surface area (Å²) in [5.41, 5.74) is 3.68. The second kappa shape index (κ2) is 6.02. The minimum Gasteiger partial charge on any atom is -0.331 e. The highest BCUT2D eigenvalue weighted by molar-refractivity contribution is 7.07. The van der Waals surface area contributed by atoms with Crippen LogP contribution in [0.1, 0.15) is 23.4 Å². The van der Waals surface area contributed by atoms with Crippen LogP contribution in [0.15, 0.2) is 35.5 Å². The number of hydrogen-bond donors (Lipinski definition) is 0. The topological polar surface area (TPSA) is 51.8 Å². The summed E-state index contributed by atoms with van der Waals surface area (Å²) in [6, 6.07) is 2.21. The van der Waals surface area contributed by atoms with Gasteiger partial charge in [0.25, 0.3) is 0 Å². The fraction of sp³-hybridized carbons (Fsp3) is 0.400. The maximum atomic E-state index is 4.39. The molecular weight excluding hydrogens is 296 g/mol. The van der Waals surface area contributed by atoms with E-state index in [0.29, 0.717) is 0 Å². The van der Waals surface area contributed by atoms with Gasteiger partial charge >= 0.3 is 0 Å². The first kappa shape index (κ1) is 13.7. The average Bonchev–Trinajstić information content (AvgIpc) is 3.24. The molecule has 22 heavy (non-hydrogen) atoms. The zero-order valence-corrected chi connectivity index (χ0v) is 13.1. The van der Waals surface area contributed by atoms with Crippen molar-refractivity contribution in [2.75, 3.05) is 6.54 Å². The molecule has 6 nitrogen and oxygen atoms in total. The Morgan fingerprint density at radius 1 is 1.23 bits per heavy atom. The molecule has 3 aromatic heterocycles. The van der Waals surface area contributed by atoms with Crippen LogP contribution in [0.4, 0.5) is 0 Å². The lowest BCUT2D eigenvalue weighted by molar-refractivity contribution is 0.260. The van der Waals surface area contributed by atoms with E-state index in [0.717, 1.165) is 44.8 Å². The average molecular weight is 314 g/mol. The van der Waals surface area contributed by atoms with Gasteiger partial charge in [0.2, 0.25) is 0 Å². The summed E-state index contributed by atoms with van der Waals surface area (Å²) in [5.74, 6) is 0. The predicted molar refractivity (Wildman–Crippen MR) is 84.4 cm³/mol. The van der Waals surface area contributed by atoms with Crippen molar-refractivity contribution in [2.45, 2.75) is 32.6 Å². The molecule has 0 aromatic carbocycles. The van der Waals surface area contributed by atoms with Crippen LogP contribution in [0.2, 0.25) is 0 Å². The van der Waals surface area contributed by atoms with Crippen molar-refractivity contribution in [1.82, 2.24) is 29.4 Å². The van der Waals surface area contributed by atoms with E-state index in [1.807, 2.05) is 17.1 Å². The van der Waals surface area contributed by atoms with Gasteiger partial charge in [-0.15, -0.1) is 5.10 Å². The molecule has 0 aliphatic carbocycles. The first-order valence-electron chi connectivity index (χ1n) is 7.49. The third-order valence-corrected chi connectivity index (χ3v) is 4.75. The van der Waals surface area contributed by atoms with Gasteiger partial charge < -0.3 is 4.57 Å². The quantitative estimate of drug-likeness (QED) is 0.739. The van der Waals surface area contributed by atoms with Crippen LogP contribution in [-0.2, 0) is 26.2 Å². The van der Waals surface area contributed by atoms with Crippen LogP contribution in [0.25, 0.3) is 0 Å². The third-order valence-electron chi connectivity index (χ3n) is 4.01. The Hall–Kier alpha value is -1.99. The van der Waals surface area contributed by atoms with Crippen molar-refractivity contribution in [2.24, 2.45) is 0 Å². The van der Waals surface area contributed by atoms with E-state index in [4.69, 9.17) is 0 Å². The van der Waals surface area contributed by atoms with E-state index < -0.39 is 0 Å². The third kappa shape index (κ3) is 2.82. The van der Waals surface area contributed by atoms with Crippen LogP contribution in [-0.4, -0.2) is 36.0 Å². The zero-order chi connectivity index (χ0) is 14.8. The SMILES string of the molecule is c1cn(Cc2nnn3c2CN(Cc2ccsc2)CCC3)cn1. The van der Waals surface area contributed by atoms with Gasteiger partial charge in [0.1, 0.15) is 5.69 Å². The van der Waals surface area contributed by atoms with Crippen molar-refractivity contribution in [1.29, 1.82) is 0 Å². The molecule has 0 radical (unpaired) electrons. The standard InChI is InChI=1S/C15H18N6S/c1-4-19(8-13-2-7-22-11-13)10-15-14(17-18-21(15)5-1)9-20-6-3-16-12-20/h2-3,6-7,11-12H,1,4-5,8-10H2. The highest BCUT2D eigenvalue weighted by atomic mass is 32.1.